The molecule has 0 spiro atoms. The van der Waals surface area contributed by atoms with E-state index in [1.165, 1.54) is 37.6 Å². The molecule has 1 amide bonds. The molecular weight excluding hydrogens is 349 g/mol. The molecule has 0 aliphatic heterocycles. The van der Waals surface area contributed by atoms with Crippen LogP contribution in [0.2, 0.25) is 0 Å². The monoisotopic (exact) mass is 365 g/mol. The van der Waals surface area contributed by atoms with Crippen LogP contribution >= 0.6 is 0 Å². The van der Waals surface area contributed by atoms with Crippen molar-refractivity contribution >= 4 is 28.9 Å². The van der Waals surface area contributed by atoms with Gasteiger partial charge in [-0.3, -0.25) is 9.78 Å². The molecule has 3 rings (SSSR count). The van der Waals surface area contributed by atoms with Gasteiger partial charge in [0.25, 0.3) is 5.91 Å². The van der Waals surface area contributed by atoms with Gasteiger partial charge in [-0.2, -0.15) is 0 Å². The van der Waals surface area contributed by atoms with E-state index < -0.39 is 11.9 Å². The zero-order valence-corrected chi connectivity index (χ0v) is 14.4. The van der Waals surface area contributed by atoms with E-state index in [2.05, 4.69) is 15.6 Å². The van der Waals surface area contributed by atoms with Gasteiger partial charge in [0.15, 0.2) is 0 Å². The first-order valence-corrected chi connectivity index (χ1v) is 8.03. The molecule has 0 bridgehead atoms. The molecule has 0 aliphatic carbocycles. The first-order chi connectivity index (χ1) is 13.0. The smallest absolute Gasteiger partial charge is 0.337 e. The van der Waals surface area contributed by atoms with Crippen molar-refractivity contribution in [3.63, 3.8) is 0 Å². The molecule has 7 heteroatoms. The van der Waals surface area contributed by atoms with E-state index in [9.17, 15) is 14.0 Å². The van der Waals surface area contributed by atoms with E-state index in [-0.39, 0.29) is 11.5 Å². The minimum absolute atomic E-state index is 0.188. The average Bonchev–Trinajstić information content (AvgIpc) is 2.69. The van der Waals surface area contributed by atoms with E-state index in [1.807, 2.05) is 0 Å². The topological polar surface area (TPSA) is 80.3 Å². The molecule has 0 fully saturated rings. The summed E-state index contributed by atoms with van der Waals surface area (Å²) in [6.45, 7) is 0. The van der Waals surface area contributed by atoms with Crippen molar-refractivity contribution in [1.29, 1.82) is 0 Å². The number of aromatic nitrogens is 1. The quantitative estimate of drug-likeness (QED) is 0.668. The summed E-state index contributed by atoms with van der Waals surface area (Å²) in [6.07, 6.45) is 1.49. The van der Waals surface area contributed by atoms with Crippen LogP contribution in [0.5, 0.6) is 0 Å². The van der Waals surface area contributed by atoms with Gasteiger partial charge >= 0.3 is 5.97 Å². The number of methoxy groups -OCH3 is 1. The lowest BCUT2D eigenvalue weighted by Crippen LogP contribution is -2.13. The van der Waals surface area contributed by atoms with Gasteiger partial charge in [-0.25, -0.2) is 9.18 Å². The van der Waals surface area contributed by atoms with Crippen LogP contribution in [-0.2, 0) is 4.74 Å². The fourth-order valence-electron chi connectivity index (χ4n) is 2.37. The number of hydrogen-bond donors (Lipinski definition) is 2. The van der Waals surface area contributed by atoms with Gasteiger partial charge < -0.3 is 15.4 Å². The highest BCUT2D eigenvalue weighted by atomic mass is 19.1. The van der Waals surface area contributed by atoms with Crippen LogP contribution in [0.15, 0.2) is 66.9 Å². The Morgan fingerprint density at radius 3 is 2.44 bits per heavy atom. The zero-order chi connectivity index (χ0) is 19.2. The number of nitrogens with one attached hydrogen (secondary N) is 2. The van der Waals surface area contributed by atoms with Crippen molar-refractivity contribution in [3.8, 4) is 0 Å². The van der Waals surface area contributed by atoms with E-state index in [4.69, 9.17) is 4.74 Å². The van der Waals surface area contributed by atoms with Crippen LogP contribution in [-0.4, -0.2) is 24.0 Å². The normalized spacial score (nSPS) is 10.1. The van der Waals surface area contributed by atoms with E-state index >= 15 is 0 Å². The number of esters is 1. The van der Waals surface area contributed by atoms with Gasteiger partial charge in [-0.15, -0.1) is 0 Å². The number of pyridine rings is 1. The average molecular weight is 365 g/mol. The summed E-state index contributed by atoms with van der Waals surface area (Å²) in [5.74, 6) is -1.24. The van der Waals surface area contributed by atoms with Crippen molar-refractivity contribution in [1.82, 2.24) is 4.98 Å². The first kappa shape index (κ1) is 18.1. The van der Waals surface area contributed by atoms with Crippen LogP contribution in [0.25, 0.3) is 0 Å². The van der Waals surface area contributed by atoms with Gasteiger partial charge in [0.05, 0.1) is 12.7 Å². The largest absolute Gasteiger partial charge is 0.465 e. The van der Waals surface area contributed by atoms with Gasteiger partial charge in [-0.1, -0.05) is 6.07 Å². The third kappa shape index (κ3) is 4.66. The van der Waals surface area contributed by atoms with Crippen molar-refractivity contribution in [2.24, 2.45) is 0 Å². The summed E-state index contributed by atoms with van der Waals surface area (Å²) in [4.78, 5) is 28.0. The first-order valence-electron chi connectivity index (χ1n) is 8.03. The van der Waals surface area contributed by atoms with Gasteiger partial charge in [0.1, 0.15) is 11.5 Å². The summed E-state index contributed by atoms with van der Waals surface area (Å²) in [5.41, 5.74) is 2.34. The van der Waals surface area contributed by atoms with Crippen LogP contribution in [0.1, 0.15) is 20.8 Å². The van der Waals surface area contributed by atoms with E-state index in [0.29, 0.717) is 22.6 Å². The third-order valence-corrected chi connectivity index (χ3v) is 3.67. The van der Waals surface area contributed by atoms with E-state index in [1.54, 1.807) is 36.4 Å². The Bertz CT molecular complexity index is 974. The number of amides is 1. The minimum atomic E-state index is -0.437. The molecule has 2 N–H and O–H groups in total. The summed E-state index contributed by atoms with van der Waals surface area (Å²) >= 11 is 0. The molecule has 27 heavy (non-hydrogen) atoms. The van der Waals surface area contributed by atoms with Crippen LogP contribution in [0, 0.1) is 5.82 Å². The lowest BCUT2D eigenvalue weighted by atomic mass is 10.2. The summed E-state index contributed by atoms with van der Waals surface area (Å²) in [7, 11) is 1.32. The molecule has 0 radical (unpaired) electrons. The molecule has 136 valence electrons. The highest BCUT2D eigenvalue weighted by Crippen LogP contribution is 2.19. The molecule has 0 saturated heterocycles. The number of nitrogens with zero attached hydrogens (tertiary/aromatic N) is 1. The summed E-state index contributed by atoms with van der Waals surface area (Å²) in [6, 6.07) is 15.5. The molecular formula is C20H16FN3O3. The fourth-order valence-corrected chi connectivity index (χ4v) is 2.37. The van der Waals surface area contributed by atoms with Crippen molar-refractivity contribution in [2.45, 2.75) is 0 Å². The van der Waals surface area contributed by atoms with Crippen molar-refractivity contribution < 1.29 is 18.7 Å². The zero-order valence-electron chi connectivity index (χ0n) is 14.4. The number of rotatable bonds is 5. The maximum absolute atomic E-state index is 12.9. The Morgan fingerprint density at radius 2 is 1.70 bits per heavy atom. The number of carbonyl (C=O) groups is 2. The maximum atomic E-state index is 12.9. The molecule has 0 aliphatic rings. The Kier molecular flexibility index (Phi) is 5.41. The van der Waals surface area contributed by atoms with E-state index in [0.717, 1.165) is 0 Å². The fraction of sp³-hybridized carbons (Fsp3) is 0.0500. The second-order valence-electron chi connectivity index (χ2n) is 5.59. The highest BCUT2D eigenvalue weighted by molar-refractivity contribution is 6.03. The van der Waals surface area contributed by atoms with Crippen molar-refractivity contribution in [2.75, 3.05) is 17.7 Å². The van der Waals surface area contributed by atoms with Gasteiger partial charge in [0, 0.05) is 23.3 Å². The molecule has 2 aromatic carbocycles. The van der Waals surface area contributed by atoms with Crippen LogP contribution in [0.4, 0.5) is 21.5 Å². The molecule has 0 atom stereocenters. The number of hydrogen-bond acceptors (Lipinski definition) is 5. The van der Waals surface area contributed by atoms with Crippen molar-refractivity contribution in [3.05, 3.63) is 83.9 Å². The maximum Gasteiger partial charge on any atom is 0.337 e. The predicted molar refractivity (Wildman–Crippen MR) is 99.7 cm³/mol. The Morgan fingerprint density at radius 1 is 0.963 bits per heavy atom. The molecule has 0 saturated carbocycles. The summed E-state index contributed by atoms with van der Waals surface area (Å²) in [5, 5.41) is 5.76. The van der Waals surface area contributed by atoms with Crippen LogP contribution in [0.3, 0.4) is 0 Å². The Balaban J connectivity index is 1.74. The molecule has 6 nitrogen and oxygen atoms in total. The number of ether oxygens (including phenoxy) is 1. The molecule has 0 unspecified atom stereocenters. The lowest BCUT2D eigenvalue weighted by molar-refractivity contribution is 0.0600. The SMILES string of the molecule is COC(=O)c1cccc(Nc2ccnc(C(=O)Nc3ccc(F)cc3)c2)c1. The van der Waals surface area contributed by atoms with Gasteiger partial charge in [-0.05, 0) is 54.6 Å². The minimum Gasteiger partial charge on any atom is -0.465 e. The number of benzene rings is 2. The second kappa shape index (κ2) is 8.09. The summed E-state index contributed by atoms with van der Waals surface area (Å²) < 4.78 is 17.6. The highest BCUT2D eigenvalue weighted by Gasteiger charge is 2.10. The number of carbonyl (C=O) groups excluding carboxylic acids is 2. The predicted octanol–water partition coefficient (Wildman–Crippen LogP) is 4.00. The Labute approximate surface area is 155 Å². The third-order valence-electron chi connectivity index (χ3n) is 3.67. The molecule has 3 aromatic rings. The second-order valence-corrected chi connectivity index (χ2v) is 5.59. The number of anilines is 3. The van der Waals surface area contributed by atoms with Crippen LogP contribution < -0.4 is 10.6 Å². The number of halogens is 1. The standard InChI is InChI=1S/C20H16FN3O3/c1-27-20(26)13-3-2-4-16(11-13)23-17-9-10-22-18(12-17)19(25)24-15-7-5-14(21)6-8-15/h2-12H,1H3,(H,22,23)(H,24,25). The molecule has 1 aromatic heterocycles. The lowest BCUT2D eigenvalue weighted by Gasteiger charge is -2.09. The molecule has 1 heterocycles. The Hall–Kier alpha value is -3.74. The van der Waals surface area contributed by atoms with Gasteiger partial charge in [0.2, 0.25) is 0 Å².